The van der Waals surface area contributed by atoms with E-state index in [-0.39, 0.29) is 0 Å². The van der Waals surface area contributed by atoms with Gasteiger partial charge in [0.15, 0.2) is 0 Å². The standard InChI is InChI=1S/C66H48N2/c1-5-15-49(16-6-1)55-31-39-61(40-32-55)67(65-25-13-23-59(47-65)51-19-9-3-10-20-51)63-43-35-57(36-44-63)53-27-29-54(30-28-53)58-37-45-64(46-38-58)68(62-41-33-56(34-42-62)50-17-7-2-8-18-50)66-26-14-24-60(48-66)52-21-11-4-12-22-52/h1-48H. The third kappa shape index (κ3) is 9.00. The Morgan fingerprint density at radius 1 is 0.132 bits per heavy atom. The summed E-state index contributed by atoms with van der Waals surface area (Å²) in [5.74, 6) is 0. The van der Waals surface area contributed by atoms with Gasteiger partial charge in [-0.15, -0.1) is 0 Å². The molecule has 0 saturated carbocycles. The van der Waals surface area contributed by atoms with Gasteiger partial charge in [0, 0.05) is 34.1 Å². The molecular weight excluding hydrogens is 821 g/mol. The lowest BCUT2D eigenvalue weighted by Gasteiger charge is -2.26. The Bertz CT molecular complexity index is 3140. The first-order chi connectivity index (χ1) is 33.7. The van der Waals surface area contributed by atoms with Crippen molar-refractivity contribution in [3.63, 3.8) is 0 Å². The molecule has 0 aliphatic heterocycles. The number of hydrogen-bond donors (Lipinski definition) is 0. The van der Waals surface area contributed by atoms with E-state index in [0.717, 1.165) is 34.1 Å². The zero-order valence-corrected chi connectivity index (χ0v) is 37.6. The molecule has 0 unspecified atom stereocenters. The molecule has 11 rings (SSSR count). The molecule has 0 radical (unpaired) electrons. The second-order valence-electron chi connectivity index (χ2n) is 17.0. The van der Waals surface area contributed by atoms with Gasteiger partial charge in [-0.2, -0.15) is 0 Å². The zero-order chi connectivity index (χ0) is 45.5. The topological polar surface area (TPSA) is 6.48 Å². The predicted molar refractivity (Wildman–Crippen MR) is 288 cm³/mol. The molecule has 0 N–H and O–H groups in total. The summed E-state index contributed by atoms with van der Waals surface area (Å²) >= 11 is 0. The molecule has 2 heteroatoms. The summed E-state index contributed by atoms with van der Waals surface area (Å²) in [6.45, 7) is 0. The summed E-state index contributed by atoms with van der Waals surface area (Å²) in [5, 5.41) is 0. The monoisotopic (exact) mass is 868 g/mol. The average molecular weight is 869 g/mol. The van der Waals surface area contributed by atoms with Crippen LogP contribution in [-0.4, -0.2) is 0 Å². The molecule has 11 aromatic carbocycles. The third-order valence-electron chi connectivity index (χ3n) is 12.7. The molecule has 0 aromatic heterocycles. The van der Waals surface area contributed by atoms with Crippen molar-refractivity contribution in [2.75, 3.05) is 9.80 Å². The van der Waals surface area contributed by atoms with Crippen LogP contribution in [0.25, 0.3) is 66.8 Å². The van der Waals surface area contributed by atoms with Crippen molar-refractivity contribution < 1.29 is 0 Å². The van der Waals surface area contributed by atoms with Gasteiger partial charge < -0.3 is 9.80 Å². The first-order valence-corrected chi connectivity index (χ1v) is 23.2. The summed E-state index contributed by atoms with van der Waals surface area (Å²) in [7, 11) is 0. The Hall–Kier alpha value is -8.98. The number of nitrogens with zero attached hydrogens (tertiary/aromatic N) is 2. The lowest BCUT2D eigenvalue weighted by molar-refractivity contribution is 1.28. The van der Waals surface area contributed by atoms with Gasteiger partial charge in [-0.1, -0.05) is 218 Å². The highest BCUT2D eigenvalue weighted by Crippen LogP contribution is 2.41. The van der Waals surface area contributed by atoms with E-state index >= 15 is 0 Å². The summed E-state index contributed by atoms with van der Waals surface area (Å²) in [6, 6.07) is 104. The Morgan fingerprint density at radius 2 is 0.324 bits per heavy atom. The van der Waals surface area contributed by atoms with Crippen LogP contribution in [0.15, 0.2) is 291 Å². The van der Waals surface area contributed by atoms with Gasteiger partial charge in [-0.3, -0.25) is 0 Å². The number of benzene rings is 11. The van der Waals surface area contributed by atoms with Crippen LogP contribution in [0.3, 0.4) is 0 Å². The average Bonchev–Trinajstić information content (AvgIpc) is 3.43. The van der Waals surface area contributed by atoms with E-state index in [1.807, 2.05) is 0 Å². The molecule has 0 heterocycles. The van der Waals surface area contributed by atoms with Crippen LogP contribution in [0.4, 0.5) is 34.1 Å². The highest BCUT2D eigenvalue weighted by molar-refractivity contribution is 5.84. The minimum absolute atomic E-state index is 1.09. The van der Waals surface area contributed by atoms with E-state index in [9.17, 15) is 0 Å². The maximum absolute atomic E-state index is 2.35. The van der Waals surface area contributed by atoms with E-state index in [1.165, 1.54) is 66.8 Å². The highest BCUT2D eigenvalue weighted by Gasteiger charge is 2.17. The minimum Gasteiger partial charge on any atom is -0.310 e. The van der Waals surface area contributed by atoms with E-state index in [1.54, 1.807) is 0 Å². The van der Waals surface area contributed by atoms with Crippen LogP contribution in [0.5, 0.6) is 0 Å². The summed E-state index contributed by atoms with van der Waals surface area (Å²) in [5.41, 5.74) is 20.8. The second-order valence-corrected chi connectivity index (χ2v) is 17.0. The Kier molecular flexibility index (Phi) is 11.8. The smallest absolute Gasteiger partial charge is 0.0467 e. The first kappa shape index (κ1) is 41.7. The lowest BCUT2D eigenvalue weighted by Crippen LogP contribution is -2.10. The third-order valence-corrected chi connectivity index (χ3v) is 12.7. The van der Waals surface area contributed by atoms with Crippen molar-refractivity contribution in [3.05, 3.63) is 291 Å². The van der Waals surface area contributed by atoms with Gasteiger partial charge in [-0.25, -0.2) is 0 Å². The number of anilines is 6. The van der Waals surface area contributed by atoms with E-state index in [4.69, 9.17) is 0 Å². The van der Waals surface area contributed by atoms with Crippen LogP contribution in [-0.2, 0) is 0 Å². The molecule has 0 saturated heterocycles. The van der Waals surface area contributed by atoms with Gasteiger partial charge in [0.1, 0.15) is 0 Å². The molecule has 0 aliphatic rings. The molecule has 0 fully saturated rings. The Labute approximate surface area is 400 Å². The van der Waals surface area contributed by atoms with Crippen LogP contribution >= 0.6 is 0 Å². The van der Waals surface area contributed by atoms with E-state index < -0.39 is 0 Å². The van der Waals surface area contributed by atoms with E-state index in [2.05, 4.69) is 301 Å². The Morgan fingerprint density at radius 3 is 0.574 bits per heavy atom. The summed E-state index contributed by atoms with van der Waals surface area (Å²) in [6.07, 6.45) is 0. The lowest BCUT2D eigenvalue weighted by atomic mass is 9.99. The van der Waals surface area contributed by atoms with Gasteiger partial charge in [-0.05, 0) is 140 Å². The van der Waals surface area contributed by atoms with Gasteiger partial charge in [0.2, 0.25) is 0 Å². The van der Waals surface area contributed by atoms with Crippen molar-refractivity contribution in [3.8, 4) is 66.8 Å². The normalized spacial score (nSPS) is 10.9. The first-order valence-electron chi connectivity index (χ1n) is 23.2. The maximum atomic E-state index is 2.35. The largest absolute Gasteiger partial charge is 0.310 e. The molecule has 68 heavy (non-hydrogen) atoms. The maximum Gasteiger partial charge on any atom is 0.0467 e. The Balaban J connectivity index is 0.869. The highest BCUT2D eigenvalue weighted by atomic mass is 15.1. The van der Waals surface area contributed by atoms with Gasteiger partial charge >= 0.3 is 0 Å². The summed E-state index contributed by atoms with van der Waals surface area (Å²) in [4.78, 5) is 4.69. The molecule has 0 atom stereocenters. The molecule has 0 aliphatic carbocycles. The molecule has 11 aromatic rings. The van der Waals surface area contributed by atoms with Crippen LogP contribution in [0.1, 0.15) is 0 Å². The molecule has 2 nitrogen and oxygen atoms in total. The second kappa shape index (κ2) is 19.2. The quantitative estimate of drug-likeness (QED) is 0.121. The summed E-state index contributed by atoms with van der Waals surface area (Å²) < 4.78 is 0. The van der Waals surface area contributed by atoms with Crippen molar-refractivity contribution >= 4 is 34.1 Å². The van der Waals surface area contributed by atoms with Crippen LogP contribution in [0.2, 0.25) is 0 Å². The van der Waals surface area contributed by atoms with E-state index in [0.29, 0.717) is 0 Å². The number of rotatable bonds is 12. The van der Waals surface area contributed by atoms with Gasteiger partial charge in [0.05, 0.1) is 0 Å². The molecule has 0 amide bonds. The minimum atomic E-state index is 1.09. The zero-order valence-electron chi connectivity index (χ0n) is 37.6. The fourth-order valence-corrected chi connectivity index (χ4v) is 9.13. The van der Waals surface area contributed by atoms with Crippen molar-refractivity contribution in [1.82, 2.24) is 0 Å². The molecular formula is C66H48N2. The van der Waals surface area contributed by atoms with Gasteiger partial charge in [0.25, 0.3) is 0 Å². The predicted octanol–water partition coefficient (Wildman–Crippen LogP) is 18.6. The van der Waals surface area contributed by atoms with Crippen molar-refractivity contribution in [1.29, 1.82) is 0 Å². The molecule has 322 valence electrons. The molecule has 0 spiro atoms. The molecule has 0 bridgehead atoms. The number of hydrogen-bond acceptors (Lipinski definition) is 2. The van der Waals surface area contributed by atoms with Crippen molar-refractivity contribution in [2.24, 2.45) is 0 Å². The fourth-order valence-electron chi connectivity index (χ4n) is 9.13. The van der Waals surface area contributed by atoms with Crippen molar-refractivity contribution in [2.45, 2.75) is 0 Å². The SMILES string of the molecule is c1ccc(-c2ccc(N(c3ccc(-c4ccc(-c5ccc(N(c6ccc(-c7ccccc7)cc6)c6cccc(-c7ccccc7)c6)cc5)cc4)cc3)c3cccc(-c4ccccc4)c3)cc2)cc1. The fraction of sp³-hybridized carbons (Fsp3) is 0. The van der Waals surface area contributed by atoms with Crippen LogP contribution in [0, 0.1) is 0 Å². The van der Waals surface area contributed by atoms with Crippen LogP contribution < -0.4 is 9.80 Å².